The summed E-state index contributed by atoms with van der Waals surface area (Å²) >= 11 is 0. The van der Waals surface area contributed by atoms with Crippen molar-refractivity contribution in [1.82, 2.24) is 0 Å². The fourth-order valence-electron chi connectivity index (χ4n) is 7.33. The molecule has 0 aromatic heterocycles. The maximum atomic E-state index is 2.39. The molecule has 0 heterocycles. The van der Waals surface area contributed by atoms with Gasteiger partial charge < -0.3 is 9.80 Å². The molecule has 0 radical (unpaired) electrons. The standard InChI is InChI=1S/C52H38N2/c1-3-17-45(18-4-1)53(46-19-5-2-6-20-46)47-37-33-42(34-38-47)41-31-27-39(28-32-41)25-26-40-29-35-48(36-30-40)54(51-23-11-15-43-13-7-9-21-49(43)51)52-24-12-16-44-14-8-10-22-50(44)52/h1-38H/b26-25-. The summed E-state index contributed by atoms with van der Waals surface area (Å²) in [6.07, 6.45) is 4.38. The van der Waals surface area contributed by atoms with Crippen LogP contribution in [0, 0.1) is 0 Å². The SMILES string of the molecule is C(=C/c1ccc(N(c2cccc3ccccc23)c2cccc3ccccc23)cc1)/c1ccc(-c2ccc(N(c3ccccc3)c3ccccc3)cc2)cc1. The third kappa shape index (κ3) is 6.65. The molecule has 9 aromatic carbocycles. The Morgan fingerprint density at radius 1 is 0.259 bits per heavy atom. The highest BCUT2D eigenvalue weighted by atomic mass is 15.1. The Balaban J connectivity index is 0.963. The summed E-state index contributed by atoms with van der Waals surface area (Å²) in [6, 6.07) is 77.9. The van der Waals surface area contributed by atoms with E-state index in [0.29, 0.717) is 0 Å². The lowest BCUT2D eigenvalue weighted by Gasteiger charge is -2.28. The van der Waals surface area contributed by atoms with Gasteiger partial charge in [0.15, 0.2) is 0 Å². The van der Waals surface area contributed by atoms with Crippen LogP contribution in [0.4, 0.5) is 34.1 Å². The first-order chi connectivity index (χ1) is 26.8. The van der Waals surface area contributed by atoms with Gasteiger partial charge in [0.1, 0.15) is 0 Å². The molecule has 54 heavy (non-hydrogen) atoms. The third-order valence-electron chi connectivity index (χ3n) is 10.0. The Hall–Kier alpha value is -7.16. The number of anilines is 6. The highest BCUT2D eigenvalue weighted by molar-refractivity contribution is 6.04. The van der Waals surface area contributed by atoms with Crippen LogP contribution in [0.25, 0.3) is 44.8 Å². The average Bonchev–Trinajstić information content (AvgIpc) is 3.25. The van der Waals surface area contributed by atoms with E-state index in [0.717, 1.165) is 45.3 Å². The van der Waals surface area contributed by atoms with Crippen molar-refractivity contribution in [3.05, 3.63) is 230 Å². The van der Waals surface area contributed by atoms with Gasteiger partial charge in [-0.05, 0) is 93.7 Å². The molecule has 0 amide bonds. The summed E-state index contributed by atoms with van der Waals surface area (Å²) in [6.45, 7) is 0. The van der Waals surface area contributed by atoms with Gasteiger partial charge in [-0.3, -0.25) is 0 Å². The number of rotatable bonds is 9. The van der Waals surface area contributed by atoms with Crippen LogP contribution in [0.2, 0.25) is 0 Å². The monoisotopic (exact) mass is 690 g/mol. The van der Waals surface area contributed by atoms with E-state index < -0.39 is 0 Å². The van der Waals surface area contributed by atoms with E-state index >= 15 is 0 Å². The minimum atomic E-state index is 1.12. The summed E-state index contributed by atoms with van der Waals surface area (Å²) < 4.78 is 0. The van der Waals surface area contributed by atoms with E-state index in [9.17, 15) is 0 Å². The summed E-state index contributed by atoms with van der Waals surface area (Å²) in [5.74, 6) is 0. The number of nitrogens with zero attached hydrogens (tertiary/aromatic N) is 2. The molecule has 0 N–H and O–H groups in total. The lowest BCUT2D eigenvalue weighted by Crippen LogP contribution is -2.11. The van der Waals surface area contributed by atoms with E-state index in [1.54, 1.807) is 0 Å². The van der Waals surface area contributed by atoms with Gasteiger partial charge in [0.2, 0.25) is 0 Å². The predicted molar refractivity (Wildman–Crippen MR) is 232 cm³/mol. The van der Waals surface area contributed by atoms with Crippen molar-refractivity contribution in [3.63, 3.8) is 0 Å². The Labute approximate surface area is 317 Å². The summed E-state index contributed by atoms with van der Waals surface area (Å²) in [4.78, 5) is 4.68. The predicted octanol–water partition coefficient (Wildman–Crippen LogP) is 14.8. The number of benzene rings is 9. The molecule has 0 spiro atoms. The molecular formula is C52H38N2. The second kappa shape index (κ2) is 14.8. The van der Waals surface area contributed by atoms with Crippen molar-refractivity contribution >= 4 is 67.8 Å². The van der Waals surface area contributed by atoms with Gasteiger partial charge in [0.25, 0.3) is 0 Å². The van der Waals surface area contributed by atoms with E-state index in [1.165, 1.54) is 32.7 Å². The number of para-hydroxylation sites is 2. The Morgan fingerprint density at radius 3 is 1.11 bits per heavy atom. The second-order valence-electron chi connectivity index (χ2n) is 13.4. The van der Waals surface area contributed by atoms with Gasteiger partial charge in [-0.25, -0.2) is 0 Å². The average molecular weight is 691 g/mol. The first-order valence-corrected chi connectivity index (χ1v) is 18.4. The molecule has 256 valence electrons. The van der Waals surface area contributed by atoms with Gasteiger partial charge >= 0.3 is 0 Å². The molecule has 0 saturated carbocycles. The maximum Gasteiger partial charge on any atom is 0.0540 e. The van der Waals surface area contributed by atoms with E-state index in [-0.39, 0.29) is 0 Å². The highest BCUT2D eigenvalue weighted by Crippen LogP contribution is 2.42. The van der Waals surface area contributed by atoms with Crippen LogP contribution in [0.15, 0.2) is 218 Å². The first-order valence-electron chi connectivity index (χ1n) is 18.4. The van der Waals surface area contributed by atoms with Crippen molar-refractivity contribution in [2.24, 2.45) is 0 Å². The van der Waals surface area contributed by atoms with Crippen molar-refractivity contribution in [1.29, 1.82) is 0 Å². The number of hydrogen-bond acceptors (Lipinski definition) is 2. The van der Waals surface area contributed by atoms with Crippen LogP contribution in [-0.2, 0) is 0 Å². The van der Waals surface area contributed by atoms with E-state index in [2.05, 4.69) is 240 Å². The van der Waals surface area contributed by atoms with Crippen LogP contribution in [0.3, 0.4) is 0 Å². The molecule has 9 rings (SSSR count). The zero-order chi connectivity index (χ0) is 36.1. The molecule has 2 heteroatoms. The minimum absolute atomic E-state index is 1.12. The first kappa shape index (κ1) is 32.7. The van der Waals surface area contributed by atoms with Crippen LogP contribution in [0.1, 0.15) is 11.1 Å². The molecular weight excluding hydrogens is 653 g/mol. The fourth-order valence-corrected chi connectivity index (χ4v) is 7.33. The number of fused-ring (bicyclic) bond motifs is 2. The fraction of sp³-hybridized carbons (Fsp3) is 0. The highest BCUT2D eigenvalue weighted by Gasteiger charge is 2.17. The zero-order valence-corrected chi connectivity index (χ0v) is 29.8. The van der Waals surface area contributed by atoms with E-state index in [1.807, 2.05) is 0 Å². The molecule has 9 aromatic rings. The topological polar surface area (TPSA) is 6.48 Å². The van der Waals surface area contributed by atoms with Crippen molar-refractivity contribution in [3.8, 4) is 11.1 Å². The van der Waals surface area contributed by atoms with Crippen LogP contribution in [0.5, 0.6) is 0 Å². The second-order valence-corrected chi connectivity index (χ2v) is 13.4. The molecule has 0 fully saturated rings. The van der Waals surface area contributed by atoms with Crippen LogP contribution >= 0.6 is 0 Å². The lowest BCUT2D eigenvalue weighted by molar-refractivity contribution is 1.28. The summed E-state index contributed by atoms with van der Waals surface area (Å²) in [5.41, 5.74) is 11.5. The maximum absolute atomic E-state index is 2.39. The molecule has 0 aliphatic heterocycles. The van der Waals surface area contributed by atoms with E-state index in [4.69, 9.17) is 0 Å². The zero-order valence-electron chi connectivity index (χ0n) is 29.8. The largest absolute Gasteiger partial charge is 0.311 e. The lowest BCUT2D eigenvalue weighted by atomic mass is 10.0. The van der Waals surface area contributed by atoms with Crippen molar-refractivity contribution < 1.29 is 0 Å². The van der Waals surface area contributed by atoms with Crippen LogP contribution in [-0.4, -0.2) is 0 Å². The Morgan fingerprint density at radius 2 is 0.611 bits per heavy atom. The molecule has 0 bridgehead atoms. The molecule has 0 saturated heterocycles. The third-order valence-corrected chi connectivity index (χ3v) is 10.0. The quantitative estimate of drug-likeness (QED) is 0.139. The summed E-state index contributed by atoms with van der Waals surface area (Å²) in [7, 11) is 0. The van der Waals surface area contributed by atoms with Gasteiger partial charge in [-0.2, -0.15) is 0 Å². The van der Waals surface area contributed by atoms with Gasteiger partial charge in [0.05, 0.1) is 11.4 Å². The van der Waals surface area contributed by atoms with Crippen LogP contribution < -0.4 is 9.80 Å². The van der Waals surface area contributed by atoms with Gasteiger partial charge in [-0.1, -0.05) is 170 Å². The van der Waals surface area contributed by atoms with Crippen molar-refractivity contribution in [2.75, 3.05) is 9.80 Å². The Bertz CT molecular complexity index is 2550. The smallest absolute Gasteiger partial charge is 0.0540 e. The molecule has 2 nitrogen and oxygen atoms in total. The van der Waals surface area contributed by atoms with Crippen molar-refractivity contribution in [2.45, 2.75) is 0 Å². The van der Waals surface area contributed by atoms with Gasteiger partial charge in [-0.15, -0.1) is 0 Å². The minimum Gasteiger partial charge on any atom is -0.311 e. The Kier molecular flexibility index (Phi) is 8.99. The number of hydrogen-bond donors (Lipinski definition) is 0. The molecule has 0 aliphatic carbocycles. The van der Waals surface area contributed by atoms with Gasteiger partial charge in [0, 0.05) is 33.5 Å². The normalized spacial score (nSPS) is 11.3. The molecule has 0 aliphatic rings. The summed E-state index contributed by atoms with van der Waals surface area (Å²) in [5, 5.41) is 4.89. The molecule has 0 atom stereocenters. The molecule has 0 unspecified atom stereocenters.